The van der Waals surface area contributed by atoms with Gasteiger partial charge in [-0.05, 0) is 20.8 Å². The van der Waals surface area contributed by atoms with Gasteiger partial charge in [-0.3, -0.25) is 9.79 Å². The second-order valence-corrected chi connectivity index (χ2v) is 5.33. The highest BCUT2D eigenvalue weighted by atomic mass is 32.2. The molecule has 0 amide bonds. The van der Waals surface area contributed by atoms with E-state index in [1.165, 1.54) is 11.8 Å². The predicted molar refractivity (Wildman–Crippen MR) is 71.0 cm³/mol. The van der Waals surface area contributed by atoms with Gasteiger partial charge in [0.25, 0.3) is 0 Å². The first kappa shape index (κ1) is 13.4. The number of thioether (sulfide) groups is 1. The molecule has 16 heavy (non-hydrogen) atoms. The van der Waals surface area contributed by atoms with E-state index in [4.69, 9.17) is 17.0 Å². The predicted octanol–water partition coefficient (Wildman–Crippen LogP) is 1.69. The van der Waals surface area contributed by atoms with Crippen molar-refractivity contribution in [2.75, 3.05) is 19.7 Å². The molecule has 1 aliphatic heterocycles. The van der Waals surface area contributed by atoms with Crippen LogP contribution in [0.25, 0.3) is 0 Å². The van der Waals surface area contributed by atoms with Gasteiger partial charge in [-0.15, -0.1) is 0 Å². The lowest BCUT2D eigenvalue weighted by atomic mass is 10.5. The van der Waals surface area contributed by atoms with Gasteiger partial charge >= 0.3 is 5.97 Å². The van der Waals surface area contributed by atoms with Crippen molar-refractivity contribution in [2.24, 2.45) is 4.99 Å². The fraction of sp³-hybridized carbons (Fsp3) is 0.700. The summed E-state index contributed by atoms with van der Waals surface area (Å²) in [4.78, 5) is 17.6. The van der Waals surface area contributed by atoms with E-state index in [-0.39, 0.29) is 11.2 Å². The molecular weight excluding hydrogens is 244 g/mol. The lowest BCUT2D eigenvalue weighted by molar-refractivity contribution is -0.142. The van der Waals surface area contributed by atoms with Gasteiger partial charge < -0.3 is 9.64 Å². The summed E-state index contributed by atoms with van der Waals surface area (Å²) in [6.45, 7) is 7.52. The number of carbonyl (C=O) groups is 1. The molecule has 0 N–H and O–H groups in total. The molecule has 0 aliphatic carbocycles. The van der Waals surface area contributed by atoms with Crippen molar-refractivity contribution in [3.8, 4) is 0 Å². The highest BCUT2D eigenvalue weighted by Crippen LogP contribution is 2.19. The molecule has 0 saturated heterocycles. The van der Waals surface area contributed by atoms with E-state index in [2.05, 4.69) is 4.99 Å². The van der Waals surface area contributed by atoms with Gasteiger partial charge in [0.2, 0.25) is 0 Å². The first-order valence-corrected chi connectivity index (χ1v) is 6.51. The number of hydrogen-bond donors (Lipinski definition) is 0. The minimum Gasteiger partial charge on any atom is -0.465 e. The number of amidine groups is 1. The molecule has 1 atom stereocenters. The lowest BCUT2D eigenvalue weighted by Crippen LogP contribution is -2.31. The van der Waals surface area contributed by atoms with Crippen molar-refractivity contribution in [1.82, 2.24) is 4.90 Å². The topological polar surface area (TPSA) is 41.9 Å². The summed E-state index contributed by atoms with van der Waals surface area (Å²) in [7, 11) is 0. The molecule has 0 saturated carbocycles. The van der Waals surface area contributed by atoms with Gasteiger partial charge in [0.05, 0.1) is 13.2 Å². The van der Waals surface area contributed by atoms with Crippen molar-refractivity contribution in [1.29, 1.82) is 0 Å². The zero-order chi connectivity index (χ0) is 12.1. The van der Waals surface area contributed by atoms with Crippen LogP contribution in [0, 0.1) is 0 Å². The number of carbonyl (C=O) groups excluding carboxylic acids is 1. The van der Waals surface area contributed by atoms with Crippen molar-refractivity contribution in [3.63, 3.8) is 0 Å². The summed E-state index contributed by atoms with van der Waals surface area (Å²) in [6, 6.07) is 0. The fourth-order valence-electron chi connectivity index (χ4n) is 1.30. The highest BCUT2D eigenvalue weighted by molar-refractivity contribution is 8.23. The summed E-state index contributed by atoms with van der Waals surface area (Å²) < 4.78 is 5.62. The van der Waals surface area contributed by atoms with Crippen LogP contribution < -0.4 is 0 Å². The molecule has 0 aromatic rings. The quantitative estimate of drug-likeness (QED) is 0.570. The Morgan fingerprint density at radius 1 is 1.75 bits per heavy atom. The van der Waals surface area contributed by atoms with Crippen LogP contribution >= 0.6 is 24.0 Å². The normalized spacial score (nSPS) is 16.9. The molecule has 1 aliphatic rings. The highest BCUT2D eigenvalue weighted by Gasteiger charge is 2.23. The Labute approximate surface area is 105 Å². The van der Waals surface area contributed by atoms with Crippen LogP contribution in [-0.4, -0.2) is 46.0 Å². The van der Waals surface area contributed by atoms with Crippen LogP contribution in [0.1, 0.15) is 20.8 Å². The molecule has 0 aromatic heterocycles. The van der Waals surface area contributed by atoms with Gasteiger partial charge in [-0.2, -0.15) is 0 Å². The molecule has 6 heteroatoms. The minimum absolute atomic E-state index is 0.219. The third-order valence-corrected chi connectivity index (χ3v) is 3.65. The Bertz CT molecular complexity index is 318. The monoisotopic (exact) mass is 260 g/mol. The molecule has 0 radical (unpaired) electrons. The van der Waals surface area contributed by atoms with E-state index >= 15 is 0 Å². The Kier molecular flexibility index (Phi) is 5.21. The molecule has 0 aromatic carbocycles. The number of thiocarbonyl (C=S) groups is 1. The molecule has 0 spiro atoms. The van der Waals surface area contributed by atoms with Crippen LogP contribution in [0.3, 0.4) is 0 Å². The van der Waals surface area contributed by atoms with Gasteiger partial charge in [-0.25, -0.2) is 0 Å². The van der Waals surface area contributed by atoms with Gasteiger partial charge in [0.15, 0.2) is 0 Å². The second kappa shape index (κ2) is 6.20. The fourth-order valence-corrected chi connectivity index (χ4v) is 2.78. The largest absolute Gasteiger partial charge is 0.465 e. The van der Waals surface area contributed by atoms with Crippen LogP contribution in [0.4, 0.5) is 0 Å². The first-order chi connectivity index (χ1) is 7.56. The molecule has 90 valence electrons. The Hall–Kier alpha value is -0.620. The van der Waals surface area contributed by atoms with Gasteiger partial charge in [-0.1, -0.05) is 24.0 Å². The SMILES string of the molecule is CCOC(=O)C(C)SC(=S)N1CCN=C1C. The number of aliphatic imine (C=N–C) groups is 1. The summed E-state index contributed by atoms with van der Waals surface area (Å²) >= 11 is 6.62. The van der Waals surface area contributed by atoms with Crippen molar-refractivity contribution < 1.29 is 9.53 Å². The molecule has 1 unspecified atom stereocenters. The number of esters is 1. The van der Waals surface area contributed by atoms with Crippen LogP contribution in [0.5, 0.6) is 0 Å². The Morgan fingerprint density at radius 3 is 2.94 bits per heavy atom. The Balaban J connectivity index is 2.45. The molecule has 1 rings (SSSR count). The summed E-state index contributed by atoms with van der Waals surface area (Å²) in [6.07, 6.45) is 0. The third kappa shape index (κ3) is 3.45. The average molecular weight is 260 g/mol. The van der Waals surface area contributed by atoms with E-state index in [0.717, 1.165) is 18.9 Å². The van der Waals surface area contributed by atoms with E-state index < -0.39 is 0 Å². The third-order valence-electron chi connectivity index (χ3n) is 2.17. The zero-order valence-corrected chi connectivity index (χ0v) is 11.4. The number of rotatable bonds is 3. The molecule has 0 bridgehead atoms. The zero-order valence-electron chi connectivity index (χ0n) is 9.73. The summed E-state index contributed by atoms with van der Waals surface area (Å²) in [5.74, 6) is 0.706. The van der Waals surface area contributed by atoms with Crippen molar-refractivity contribution in [3.05, 3.63) is 0 Å². The molecule has 0 fully saturated rings. The van der Waals surface area contributed by atoms with Crippen molar-refractivity contribution in [2.45, 2.75) is 26.0 Å². The van der Waals surface area contributed by atoms with Gasteiger partial charge in [0.1, 0.15) is 15.4 Å². The van der Waals surface area contributed by atoms with Crippen LogP contribution in [0.2, 0.25) is 0 Å². The maximum atomic E-state index is 11.4. The van der Waals surface area contributed by atoms with E-state index in [1.54, 1.807) is 13.8 Å². The lowest BCUT2D eigenvalue weighted by Gasteiger charge is -2.20. The number of nitrogens with zero attached hydrogens (tertiary/aromatic N) is 2. The maximum absolute atomic E-state index is 11.4. The van der Waals surface area contributed by atoms with Crippen LogP contribution in [0.15, 0.2) is 4.99 Å². The number of hydrogen-bond acceptors (Lipinski definition) is 5. The molecule has 1 heterocycles. The summed E-state index contributed by atoms with van der Waals surface area (Å²) in [5, 5.41) is -0.263. The van der Waals surface area contributed by atoms with E-state index in [0.29, 0.717) is 10.9 Å². The standard InChI is InChI=1S/C10H16N2O2S2/c1-4-14-9(13)7(2)16-10(15)12-6-5-11-8(12)3/h7H,4-6H2,1-3H3. The first-order valence-electron chi connectivity index (χ1n) is 5.22. The smallest absolute Gasteiger partial charge is 0.319 e. The maximum Gasteiger partial charge on any atom is 0.319 e. The number of ether oxygens (including phenoxy) is 1. The molecular formula is C10H16N2O2S2. The molecule has 4 nitrogen and oxygen atoms in total. The average Bonchev–Trinajstić information content (AvgIpc) is 2.64. The van der Waals surface area contributed by atoms with Gasteiger partial charge in [0, 0.05) is 6.54 Å². The second-order valence-electron chi connectivity index (χ2n) is 3.36. The Morgan fingerprint density at radius 2 is 2.44 bits per heavy atom. The van der Waals surface area contributed by atoms with E-state index in [9.17, 15) is 4.79 Å². The van der Waals surface area contributed by atoms with Crippen LogP contribution in [-0.2, 0) is 9.53 Å². The van der Waals surface area contributed by atoms with Crippen molar-refractivity contribution >= 4 is 40.1 Å². The van der Waals surface area contributed by atoms with E-state index in [1.807, 2.05) is 11.8 Å². The summed E-state index contributed by atoms with van der Waals surface area (Å²) in [5.41, 5.74) is 0. The minimum atomic E-state index is -0.263.